The first-order valence-electron chi connectivity index (χ1n) is 6.70. The zero-order valence-electron chi connectivity index (χ0n) is 11.2. The lowest BCUT2D eigenvalue weighted by atomic mass is 9.77. The van der Waals surface area contributed by atoms with Gasteiger partial charge in [-0.1, -0.05) is 24.3 Å². The number of aromatic nitrogens is 2. The first kappa shape index (κ1) is 12.2. The van der Waals surface area contributed by atoms with Gasteiger partial charge in [0.05, 0.1) is 6.61 Å². The fourth-order valence-corrected chi connectivity index (χ4v) is 2.65. The van der Waals surface area contributed by atoms with Crippen LogP contribution in [-0.4, -0.2) is 29.8 Å². The molecule has 0 saturated carbocycles. The number of nitrogens with zero attached hydrogens (tertiary/aromatic N) is 2. The van der Waals surface area contributed by atoms with Crippen molar-refractivity contribution in [3.63, 3.8) is 0 Å². The smallest absolute Gasteiger partial charge is 0.202 e. The molecule has 1 atom stereocenters. The maximum atomic E-state index is 5.04. The second-order valence-corrected chi connectivity index (χ2v) is 4.92. The third-order valence-corrected chi connectivity index (χ3v) is 3.68. The predicted molar refractivity (Wildman–Crippen MR) is 75.5 cm³/mol. The fourth-order valence-electron chi connectivity index (χ4n) is 2.65. The molecule has 1 aromatic heterocycles. The highest BCUT2D eigenvalue weighted by atomic mass is 16.5. The molecule has 1 N–H and O–H groups in total. The van der Waals surface area contributed by atoms with Gasteiger partial charge >= 0.3 is 0 Å². The van der Waals surface area contributed by atoms with Crippen molar-refractivity contribution < 1.29 is 4.74 Å². The summed E-state index contributed by atoms with van der Waals surface area (Å²) in [5, 5.41) is 3.30. The third kappa shape index (κ3) is 2.49. The first-order valence-corrected chi connectivity index (χ1v) is 6.70. The molecule has 0 fully saturated rings. The van der Waals surface area contributed by atoms with E-state index in [0.717, 1.165) is 19.0 Å². The highest BCUT2D eigenvalue weighted by Crippen LogP contribution is 2.36. The lowest BCUT2D eigenvalue weighted by molar-refractivity contribution is 0.210. The second-order valence-electron chi connectivity index (χ2n) is 4.92. The van der Waals surface area contributed by atoms with Crippen molar-refractivity contribution in [2.75, 3.05) is 25.6 Å². The third-order valence-electron chi connectivity index (χ3n) is 3.68. The molecule has 0 spiro atoms. The number of methoxy groups -OCH3 is 1. The van der Waals surface area contributed by atoms with Gasteiger partial charge in [-0.05, 0) is 17.5 Å². The number of imidazole rings is 1. The van der Waals surface area contributed by atoms with Crippen molar-refractivity contribution in [1.82, 2.24) is 9.55 Å². The fraction of sp³-hybridized carbons (Fsp3) is 0.400. The van der Waals surface area contributed by atoms with Crippen molar-refractivity contribution in [2.24, 2.45) is 0 Å². The highest BCUT2D eigenvalue weighted by molar-refractivity contribution is 5.40. The van der Waals surface area contributed by atoms with Gasteiger partial charge in [-0.3, -0.25) is 0 Å². The van der Waals surface area contributed by atoms with Crippen molar-refractivity contribution in [3.05, 3.63) is 47.8 Å². The predicted octanol–water partition coefficient (Wildman–Crippen LogP) is 2.28. The SMILES string of the molecule is COCCNc1nccn1CC1Cc2ccccc21. The van der Waals surface area contributed by atoms with E-state index in [0.29, 0.717) is 12.5 Å². The summed E-state index contributed by atoms with van der Waals surface area (Å²) in [4.78, 5) is 4.35. The Balaban J connectivity index is 1.64. The summed E-state index contributed by atoms with van der Waals surface area (Å²) in [6.45, 7) is 2.47. The lowest BCUT2D eigenvalue weighted by Gasteiger charge is -2.30. The molecular formula is C15H19N3O. The van der Waals surface area contributed by atoms with Crippen LogP contribution >= 0.6 is 0 Å². The van der Waals surface area contributed by atoms with Gasteiger partial charge in [0.2, 0.25) is 5.95 Å². The van der Waals surface area contributed by atoms with Gasteiger partial charge in [-0.25, -0.2) is 4.98 Å². The van der Waals surface area contributed by atoms with Gasteiger partial charge in [0, 0.05) is 38.5 Å². The molecule has 0 saturated heterocycles. The van der Waals surface area contributed by atoms with Crippen LogP contribution in [0.5, 0.6) is 0 Å². The summed E-state index contributed by atoms with van der Waals surface area (Å²) >= 11 is 0. The molecule has 0 aliphatic heterocycles. The second kappa shape index (κ2) is 5.45. The van der Waals surface area contributed by atoms with Gasteiger partial charge < -0.3 is 14.6 Å². The minimum atomic E-state index is 0.619. The van der Waals surface area contributed by atoms with Crippen LogP contribution < -0.4 is 5.32 Å². The molecule has 0 amide bonds. The van der Waals surface area contributed by atoms with Crippen LogP contribution in [0.25, 0.3) is 0 Å². The van der Waals surface area contributed by atoms with E-state index in [2.05, 4.69) is 39.1 Å². The largest absolute Gasteiger partial charge is 0.383 e. The lowest BCUT2D eigenvalue weighted by Crippen LogP contribution is -2.23. The highest BCUT2D eigenvalue weighted by Gasteiger charge is 2.26. The standard InChI is InChI=1S/C15H19N3O/c1-19-9-7-17-15-16-6-8-18(15)11-13-10-12-4-2-3-5-14(12)13/h2-6,8,13H,7,9-11H2,1H3,(H,16,17). The van der Waals surface area contributed by atoms with E-state index in [4.69, 9.17) is 4.74 Å². The number of benzene rings is 1. The Hall–Kier alpha value is -1.81. The van der Waals surface area contributed by atoms with Crippen molar-refractivity contribution in [1.29, 1.82) is 0 Å². The van der Waals surface area contributed by atoms with Crippen LogP contribution in [0.3, 0.4) is 0 Å². The zero-order valence-corrected chi connectivity index (χ0v) is 11.2. The summed E-state index contributed by atoms with van der Waals surface area (Å²) in [6, 6.07) is 8.69. The molecule has 1 heterocycles. The number of fused-ring (bicyclic) bond motifs is 1. The van der Waals surface area contributed by atoms with E-state index in [9.17, 15) is 0 Å². The van der Waals surface area contributed by atoms with E-state index in [1.54, 1.807) is 7.11 Å². The van der Waals surface area contributed by atoms with Gasteiger partial charge in [0.15, 0.2) is 0 Å². The van der Waals surface area contributed by atoms with Crippen LogP contribution in [0, 0.1) is 0 Å². The van der Waals surface area contributed by atoms with Crippen LogP contribution in [0.4, 0.5) is 5.95 Å². The first-order chi connectivity index (χ1) is 9.38. The van der Waals surface area contributed by atoms with Crippen molar-refractivity contribution in [2.45, 2.75) is 18.9 Å². The summed E-state index contributed by atoms with van der Waals surface area (Å²) in [6.07, 6.45) is 5.06. The Morgan fingerprint density at radius 1 is 1.42 bits per heavy atom. The van der Waals surface area contributed by atoms with Gasteiger partial charge in [-0.15, -0.1) is 0 Å². The van der Waals surface area contributed by atoms with E-state index < -0.39 is 0 Å². The summed E-state index contributed by atoms with van der Waals surface area (Å²) in [7, 11) is 1.71. The molecule has 4 nitrogen and oxygen atoms in total. The number of anilines is 1. The molecule has 1 aliphatic rings. The molecule has 4 heteroatoms. The molecule has 0 bridgehead atoms. The Kier molecular flexibility index (Phi) is 3.51. The number of hydrogen-bond acceptors (Lipinski definition) is 3. The average Bonchev–Trinajstić information content (AvgIpc) is 2.84. The van der Waals surface area contributed by atoms with Crippen LogP contribution in [0.1, 0.15) is 17.0 Å². The minimum absolute atomic E-state index is 0.619. The van der Waals surface area contributed by atoms with E-state index in [1.807, 2.05) is 12.4 Å². The average molecular weight is 257 g/mol. The van der Waals surface area contributed by atoms with Gasteiger partial charge in [0.1, 0.15) is 0 Å². The van der Waals surface area contributed by atoms with E-state index >= 15 is 0 Å². The summed E-state index contributed by atoms with van der Waals surface area (Å²) in [5.74, 6) is 1.55. The zero-order chi connectivity index (χ0) is 13.1. The Morgan fingerprint density at radius 2 is 2.32 bits per heavy atom. The summed E-state index contributed by atoms with van der Waals surface area (Å²) < 4.78 is 7.23. The quantitative estimate of drug-likeness (QED) is 0.807. The topological polar surface area (TPSA) is 39.1 Å². The Morgan fingerprint density at radius 3 is 3.16 bits per heavy atom. The molecule has 19 heavy (non-hydrogen) atoms. The minimum Gasteiger partial charge on any atom is -0.383 e. The number of nitrogens with one attached hydrogen (secondary N) is 1. The van der Waals surface area contributed by atoms with Gasteiger partial charge in [-0.2, -0.15) is 0 Å². The van der Waals surface area contributed by atoms with Crippen molar-refractivity contribution >= 4 is 5.95 Å². The van der Waals surface area contributed by atoms with Crippen LogP contribution in [-0.2, 0) is 17.7 Å². The maximum Gasteiger partial charge on any atom is 0.202 e. The number of hydrogen-bond donors (Lipinski definition) is 1. The maximum absolute atomic E-state index is 5.04. The van der Waals surface area contributed by atoms with Crippen LogP contribution in [0.2, 0.25) is 0 Å². The molecule has 0 radical (unpaired) electrons. The number of rotatable bonds is 6. The molecular weight excluding hydrogens is 238 g/mol. The molecule has 3 rings (SSSR count). The molecule has 2 aromatic rings. The van der Waals surface area contributed by atoms with Crippen molar-refractivity contribution in [3.8, 4) is 0 Å². The normalized spacial score (nSPS) is 16.8. The molecule has 1 aliphatic carbocycles. The molecule has 1 unspecified atom stereocenters. The molecule has 100 valence electrons. The summed E-state index contributed by atoms with van der Waals surface area (Å²) in [5.41, 5.74) is 2.97. The number of ether oxygens (including phenoxy) is 1. The van der Waals surface area contributed by atoms with E-state index in [-0.39, 0.29) is 0 Å². The monoisotopic (exact) mass is 257 g/mol. The Labute approximate surface area is 113 Å². The van der Waals surface area contributed by atoms with E-state index in [1.165, 1.54) is 17.5 Å². The van der Waals surface area contributed by atoms with Gasteiger partial charge in [0.25, 0.3) is 0 Å². The molecule has 1 aromatic carbocycles. The van der Waals surface area contributed by atoms with Crippen LogP contribution in [0.15, 0.2) is 36.7 Å². The Bertz CT molecular complexity index is 550.